The SMILES string of the molecule is COC(C(C)N)C1CCCC1. The van der Waals surface area contributed by atoms with E-state index in [1.807, 2.05) is 6.92 Å². The molecule has 1 rings (SSSR count). The maximum Gasteiger partial charge on any atom is 0.0747 e. The number of hydrogen-bond acceptors (Lipinski definition) is 2. The maximum atomic E-state index is 5.80. The average molecular weight is 157 g/mol. The van der Waals surface area contributed by atoms with Crippen molar-refractivity contribution in [2.24, 2.45) is 11.7 Å². The van der Waals surface area contributed by atoms with E-state index in [2.05, 4.69) is 0 Å². The van der Waals surface area contributed by atoms with Crippen molar-refractivity contribution in [1.82, 2.24) is 0 Å². The molecule has 2 unspecified atom stereocenters. The van der Waals surface area contributed by atoms with Gasteiger partial charge in [-0.3, -0.25) is 0 Å². The van der Waals surface area contributed by atoms with Crippen LogP contribution in [0.25, 0.3) is 0 Å². The predicted octanol–water partition coefficient (Wildman–Crippen LogP) is 1.54. The minimum atomic E-state index is 0.183. The van der Waals surface area contributed by atoms with Crippen molar-refractivity contribution in [1.29, 1.82) is 0 Å². The summed E-state index contributed by atoms with van der Waals surface area (Å²) in [5.74, 6) is 0.722. The van der Waals surface area contributed by atoms with Gasteiger partial charge in [-0.05, 0) is 25.7 Å². The zero-order valence-electron chi connectivity index (χ0n) is 7.55. The normalized spacial score (nSPS) is 25.4. The largest absolute Gasteiger partial charge is 0.380 e. The van der Waals surface area contributed by atoms with E-state index in [-0.39, 0.29) is 12.1 Å². The third-order valence-electron chi connectivity index (χ3n) is 2.65. The van der Waals surface area contributed by atoms with Gasteiger partial charge >= 0.3 is 0 Å². The first-order chi connectivity index (χ1) is 5.25. The van der Waals surface area contributed by atoms with Gasteiger partial charge in [-0.1, -0.05) is 12.8 Å². The van der Waals surface area contributed by atoms with Gasteiger partial charge in [-0.2, -0.15) is 0 Å². The Kier molecular flexibility index (Phi) is 3.34. The minimum absolute atomic E-state index is 0.183. The van der Waals surface area contributed by atoms with Crippen LogP contribution in [0.2, 0.25) is 0 Å². The molecule has 2 atom stereocenters. The van der Waals surface area contributed by atoms with Crippen LogP contribution >= 0.6 is 0 Å². The van der Waals surface area contributed by atoms with Crippen LogP contribution in [0.4, 0.5) is 0 Å². The van der Waals surface area contributed by atoms with Gasteiger partial charge in [0.25, 0.3) is 0 Å². The summed E-state index contributed by atoms with van der Waals surface area (Å²) in [5.41, 5.74) is 5.80. The Morgan fingerprint density at radius 3 is 2.27 bits per heavy atom. The first kappa shape index (κ1) is 9.01. The topological polar surface area (TPSA) is 35.2 Å². The third-order valence-corrected chi connectivity index (χ3v) is 2.65. The van der Waals surface area contributed by atoms with Crippen molar-refractivity contribution in [2.45, 2.75) is 44.8 Å². The smallest absolute Gasteiger partial charge is 0.0747 e. The second-order valence-electron chi connectivity index (χ2n) is 3.60. The van der Waals surface area contributed by atoms with Gasteiger partial charge in [0.2, 0.25) is 0 Å². The Bertz CT molecular complexity index is 108. The summed E-state index contributed by atoms with van der Waals surface area (Å²) in [5, 5.41) is 0. The van der Waals surface area contributed by atoms with E-state index in [1.54, 1.807) is 7.11 Å². The molecule has 0 saturated heterocycles. The molecule has 1 aliphatic rings. The molecular formula is C9H19NO. The predicted molar refractivity (Wildman–Crippen MR) is 46.4 cm³/mol. The van der Waals surface area contributed by atoms with Crippen molar-refractivity contribution in [3.05, 3.63) is 0 Å². The van der Waals surface area contributed by atoms with Crippen LogP contribution in [0.1, 0.15) is 32.6 Å². The minimum Gasteiger partial charge on any atom is -0.380 e. The van der Waals surface area contributed by atoms with Crippen LogP contribution in [-0.4, -0.2) is 19.3 Å². The molecule has 2 heteroatoms. The summed E-state index contributed by atoms with van der Waals surface area (Å²) in [6.45, 7) is 2.03. The van der Waals surface area contributed by atoms with Gasteiger partial charge in [0.05, 0.1) is 6.10 Å². The van der Waals surface area contributed by atoms with Gasteiger partial charge in [0.1, 0.15) is 0 Å². The maximum absolute atomic E-state index is 5.80. The second-order valence-corrected chi connectivity index (χ2v) is 3.60. The molecular weight excluding hydrogens is 138 g/mol. The molecule has 1 fully saturated rings. The summed E-state index contributed by atoms with van der Waals surface area (Å²) in [6.07, 6.45) is 5.62. The fourth-order valence-corrected chi connectivity index (χ4v) is 2.12. The van der Waals surface area contributed by atoms with Gasteiger partial charge < -0.3 is 10.5 Å². The highest BCUT2D eigenvalue weighted by Crippen LogP contribution is 2.29. The summed E-state index contributed by atoms with van der Waals surface area (Å²) < 4.78 is 5.37. The highest BCUT2D eigenvalue weighted by atomic mass is 16.5. The van der Waals surface area contributed by atoms with E-state index in [4.69, 9.17) is 10.5 Å². The van der Waals surface area contributed by atoms with Gasteiger partial charge in [0, 0.05) is 13.2 Å². The quantitative estimate of drug-likeness (QED) is 0.674. The molecule has 0 spiro atoms. The molecule has 66 valence electrons. The fraction of sp³-hybridized carbons (Fsp3) is 1.00. The number of rotatable bonds is 3. The summed E-state index contributed by atoms with van der Waals surface area (Å²) in [4.78, 5) is 0. The molecule has 0 aliphatic heterocycles. The zero-order chi connectivity index (χ0) is 8.27. The second kappa shape index (κ2) is 4.07. The Labute approximate surface area is 69.1 Å². The number of methoxy groups -OCH3 is 1. The van der Waals surface area contributed by atoms with Crippen molar-refractivity contribution in [2.75, 3.05) is 7.11 Å². The lowest BCUT2D eigenvalue weighted by Gasteiger charge is -2.25. The number of nitrogens with two attached hydrogens (primary N) is 1. The molecule has 2 N–H and O–H groups in total. The molecule has 0 bridgehead atoms. The summed E-state index contributed by atoms with van der Waals surface area (Å²) >= 11 is 0. The van der Waals surface area contributed by atoms with E-state index in [0.717, 1.165) is 5.92 Å². The monoisotopic (exact) mass is 157 g/mol. The first-order valence-corrected chi connectivity index (χ1v) is 4.54. The van der Waals surface area contributed by atoms with Crippen molar-refractivity contribution in [3.63, 3.8) is 0 Å². The molecule has 0 radical (unpaired) electrons. The molecule has 11 heavy (non-hydrogen) atoms. The van der Waals surface area contributed by atoms with E-state index in [0.29, 0.717) is 0 Å². The molecule has 1 aliphatic carbocycles. The molecule has 0 aromatic rings. The van der Waals surface area contributed by atoms with Crippen LogP contribution in [0, 0.1) is 5.92 Å². The average Bonchev–Trinajstić information content (AvgIpc) is 2.40. The third kappa shape index (κ3) is 2.17. The molecule has 0 aromatic heterocycles. The number of hydrogen-bond donors (Lipinski definition) is 1. The van der Waals surface area contributed by atoms with Crippen LogP contribution in [0.15, 0.2) is 0 Å². The van der Waals surface area contributed by atoms with Gasteiger partial charge in [0.15, 0.2) is 0 Å². The van der Waals surface area contributed by atoms with Crippen LogP contribution in [-0.2, 0) is 4.74 Å². The van der Waals surface area contributed by atoms with Gasteiger partial charge in [-0.15, -0.1) is 0 Å². The first-order valence-electron chi connectivity index (χ1n) is 4.54. The van der Waals surface area contributed by atoms with E-state index in [1.165, 1.54) is 25.7 Å². The highest BCUT2D eigenvalue weighted by Gasteiger charge is 2.27. The molecule has 2 nitrogen and oxygen atoms in total. The Morgan fingerprint density at radius 1 is 1.36 bits per heavy atom. The standard InChI is InChI=1S/C9H19NO/c1-7(10)9(11-2)8-5-3-4-6-8/h7-9H,3-6,10H2,1-2H3. The molecule has 0 heterocycles. The zero-order valence-corrected chi connectivity index (χ0v) is 7.55. The van der Waals surface area contributed by atoms with Crippen molar-refractivity contribution < 1.29 is 4.74 Å². The number of ether oxygens (including phenoxy) is 1. The Morgan fingerprint density at radius 2 is 1.91 bits per heavy atom. The van der Waals surface area contributed by atoms with Crippen molar-refractivity contribution >= 4 is 0 Å². The molecule has 0 aromatic carbocycles. The van der Waals surface area contributed by atoms with Crippen molar-refractivity contribution in [3.8, 4) is 0 Å². The van der Waals surface area contributed by atoms with E-state index >= 15 is 0 Å². The van der Waals surface area contributed by atoms with E-state index in [9.17, 15) is 0 Å². The van der Waals surface area contributed by atoms with Crippen LogP contribution in [0.5, 0.6) is 0 Å². The fourth-order valence-electron chi connectivity index (χ4n) is 2.12. The summed E-state index contributed by atoms with van der Waals surface area (Å²) in [7, 11) is 1.77. The molecule has 1 saturated carbocycles. The lowest BCUT2D eigenvalue weighted by molar-refractivity contribution is 0.0384. The highest BCUT2D eigenvalue weighted by molar-refractivity contribution is 4.80. The van der Waals surface area contributed by atoms with Gasteiger partial charge in [-0.25, -0.2) is 0 Å². The Balaban J connectivity index is 2.40. The molecule has 0 amide bonds. The van der Waals surface area contributed by atoms with Crippen LogP contribution < -0.4 is 5.73 Å². The Hall–Kier alpha value is -0.0800. The van der Waals surface area contributed by atoms with Crippen LogP contribution in [0.3, 0.4) is 0 Å². The summed E-state index contributed by atoms with van der Waals surface area (Å²) in [6, 6.07) is 0.183. The lowest BCUT2D eigenvalue weighted by Crippen LogP contribution is -2.38. The lowest BCUT2D eigenvalue weighted by atomic mass is 9.96. The van der Waals surface area contributed by atoms with E-state index < -0.39 is 0 Å².